The number of alkyl halides is 3. The van der Waals surface area contributed by atoms with Crippen LogP contribution in [0.2, 0.25) is 0 Å². The van der Waals surface area contributed by atoms with Gasteiger partial charge in [0.05, 0.1) is 5.56 Å². The van der Waals surface area contributed by atoms with E-state index < -0.39 is 23.2 Å². The lowest BCUT2D eigenvalue weighted by Gasteiger charge is -2.39. The Balaban J connectivity index is 2.14. The highest BCUT2D eigenvalue weighted by Gasteiger charge is 2.44. The van der Waals surface area contributed by atoms with Gasteiger partial charge in [0.2, 0.25) is 0 Å². The van der Waals surface area contributed by atoms with Crippen LogP contribution in [0.3, 0.4) is 0 Å². The zero-order valence-electron chi connectivity index (χ0n) is 9.42. The fourth-order valence-corrected chi connectivity index (χ4v) is 1.94. The van der Waals surface area contributed by atoms with E-state index in [1.165, 1.54) is 12.1 Å². The Bertz CT molecular complexity index is 449. The highest BCUT2D eigenvalue weighted by Crippen LogP contribution is 2.36. The number of aliphatic carboxylic acids is 1. The van der Waals surface area contributed by atoms with Gasteiger partial charge in [-0.05, 0) is 43.5 Å². The zero-order chi connectivity index (χ0) is 13.4. The number of hydrogen-bond donors (Lipinski definition) is 2. The number of carboxylic acids is 1. The van der Waals surface area contributed by atoms with Crippen molar-refractivity contribution in [1.29, 1.82) is 0 Å². The van der Waals surface area contributed by atoms with Gasteiger partial charge in [0.1, 0.15) is 5.54 Å². The Kier molecular flexibility index (Phi) is 2.96. The fourth-order valence-electron chi connectivity index (χ4n) is 1.94. The molecule has 0 saturated heterocycles. The Morgan fingerprint density at radius 2 is 1.78 bits per heavy atom. The summed E-state index contributed by atoms with van der Waals surface area (Å²) in [6, 6.07) is 4.39. The Hall–Kier alpha value is -1.72. The second-order valence-corrected chi connectivity index (χ2v) is 4.44. The minimum absolute atomic E-state index is 0.394. The maximum Gasteiger partial charge on any atom is 0.416 e. The van der Waals surface area contributed by atoms with Crippen LogP contribution in [0.15, 0.2) is 24.3 Å². The number of hydrogen-bond acceptors (Lipinski definition) is 2. The fraction of sp³-hybridized carbons (Fsp3) is 0.417. The van der Waals surface area contributed by atoms with Crippen molar-refractivity contribution in [2.75, 3.05) is 5.32 Å². The molecule has 0 radical (unpaired) electrons. The summed E-state index contributed by atoms with van der Waals surface area (Å²) in [5.74, 6) is -0.964. The van der Waals surface area contributed by atoms with Crippen LogP contribution in [0, 0.1) is 0 Å². The number of anilines is 1. The van der Waals surface area contributed by atoms with Gasteiger partial charge in [-0.25, -0.2) is 4.79 Å². The first kappa shape index (κ1) is 12.7. The lowest BCUT2D eigenvalue weighted by molar-refractivity contribution is -0.145. The van der Waals surface area contributed by atoms with Crippen LogP contribution in [0.4, 0.5) is 18.9 Å². The molecule has 0 amide bonds. The summed E-state index contributed by atoms with van der Waals surface area (Å²) in [6.07, 6.45) is -2.59. The third kappa shape index (κ3) is 2.27. The van der Waals surface area contributed by atoms with Crippen molar-refractivity contribution in [1.82, 2.24) is 0 Å². The first-order valence-corrected chi connectivity index (χ1v) is 5.52. The lowest BCUT2D eigenvalue weighted by atomic mass is 9.76. The van der Waals surface area contributed by atoms with Crippen molar-refractivity contribution in [2.24, 2.45) is 0 Å². The standard InChI is InChI=1S/C12H12F3NO2/c13-12(14,15)8-2-4-9(5-3-8)16-11(10(17)18)6-1-7-11/h2-5,16H,1,6-7H2,(H,17,18). The highest BCUT2D eigenvalue weighted by molar-refractivity contribution is 5.84. The molecule has 0 aliphatic heterocycles. The summed E-state index contributed by atoms with van der Waals surface area (Å²) >= 11 is 0. The van der Waals surface area contributed by atoms with Gasteiger partial charge in [-0.15, -0.1) is 0 Å². The maximum atomic E-state index is 12.3. The van der Waals surface area contributed by atoms with E-state index in [1.807, 2.05) is 0 Å². The van der Waals surface area contributed by atoms with Crippen LogP contribution in [-0.4, -0.2) is 16.6 Å². The Labute approximate surface area is 102 Å². The molecule has 0 spiro atoms. The zero-order valence-corrected chi connectivity index (χ0v) is 9.42. The Morgan fingerprint density at radius 1 is 1.22 bits per heavy atom. The summed E-state index contributed by atoms with van der Waals surface area (Å²) in [5, 5.41) is 11.9. The minimum atomic E-state index is -4.38. The van der Waals surface area contributed by atoms with E-state index in [2.05, 4.69) is 5.32 Å². The van der Waals surface area contributed by atoms with Crippen LogP contribution in [0.25, 0.3) is 0 Å². The van der Waals surface area contributed by atoms with Gasteiger partial charge in [0.25, 0.3) is 0 Å². The molecular weight excluding hydrogens is 247 g/mol. The number of carbonyl (C=O) groups is 1. The lowest BCUT2D eigenvalue weighted by Crippen LogP contribution is -2.52. The first-order chi connectivity index (χ1) is 8.33. The number of rotatable bonds is 3. The van der Waals surface area contributed by atoms with E-state index in [4.69, 9.17) is 5.11 Å². The van der Waals surface area contributed by atoms with Crippen molar-refractivity contribution in [3.05, 3.63) is 29.8 Å². The monoisotopic (exact) mass is 259 g/mol. The maximum absolute atomic E-state index is 12.3. The molecule has 0 atom stereocenters. The molecule has 1 fully saturated rings. The first-order valence-electron chi connectivity index (χ1n) is 5.52. The van der Waals surface area contributed by atoms with E-state index in [0.29, 0.717) is 18.5 Å². The molecule has 1 saturated carbocycles. The predicted molar refractivity (Wildman–Crippen MR) is 59.3 cm³/mol. The van der Waals surface area contributed by atoms with Crippen LogP contribution >= 0.6 is 0 Å². The largest absolute Gasteiger partial charge is 0.480 e. The average Bonchev–Trinajstić information content (AvgIpc) is 2.22. The number of benzene rings is 1. The van der Waals surface area contributed by atoms with Crippen LogP contribution in [0.5, 0.6) is 0 Å². The molecule has 1 aliphatic rings. The van der Waals surface area contributed by atoms with Gasteiger partial charge in [0.15, 0.2) is 0 Å². The average molecular weight is 259 g/mol. The molecule has 0 bridgehead atoms. The van der Waals surface area contributed by atoms with Crippen molar-refractivity contribution in [3.8, 4) is 0 Å². The molecule has 1 aromatic rings. The third-order valence-corrected chi connectivity index (χ3v) is 3.21. The summed E-state index contributed by atoms with van der Waals surface area (Å²) in [7, 11) is 0. The molecular formula is C12H12F3NO2. The van der Waals surface area contributed by atoms with Gasteiger partial charge in [-0.1, -0.05) is 0 Å². The van der Waals surface area contributed by atoms with E-state index >= 15 is 0 Å². The van der Waals surface area contributed by atoms with E-state index in [0.717, 1.165) is 18.6 Å². The summed E-state index contributed by atoms with van der Waals surface area (Å²) < 4.78 is 37.0. The van der Waals surface area contributed by atoms with E-state index in [1.54, 1.807) is 0 Å². The Morgan fingerprint density at radius 3 is 2.11 bits per heavy atom. The molecule has 0 unspecified atom stereocenters. The van der Waals surface area contributed by atoms with E-state index in [9.17, 15) is 18.0 Å². The molecule has 0 aromatic heterocycles. The van der Waals surface area contributed by atoms with E-state index in [-0.39, 0.29) is 0 Å². The highest BCUT2D eigenvalue weighted by atomic mass is 19.4. The molecule has 98 valence electrons. The number of nitrogens with one attached hydrogen (secondary N) is 1. The molecule has 2 rings (SSSR count). The SMILES string of the molecule is O=C(O)C1(Nc2ccc(C(F)(F)F)cc2)CCC1. The number of halogens is 3. The molecule has 2 N–H and O–H groups in total. The van der Waals surface area contributed by atoms with Gasteiger partial charge >= 0.3 is 12.1 Å². The van der Waals surface area contributed by atoms with Gasteiger partial charge < -0.3 is 10.4 Å². The van der Waals surface area contributed by atoms with Crippen LogP contribution in [0.1, 0.15) is 24.8 Å². The summed E-state index contributed by atoms with van der Waals surface area (Å²) in [5.41, 5.74) is -1.36. The van der Waals surface area contributed by atoms with Crippen molar-refractivity contribution in [3.63, 3.8) is 0 Å². The van der Waals surface area contributed by atoms with Gasteiger partial charge in [-0.2, -0.15) is 13.2 Å². The summed E-state index contributed by atoms with van der Waals surface area (Å²) in [4.78, 5) is 11.1. The smallest absolute Gasteiger partial charge is 0.416 e. The van der Waals surface area contributed by atoms with Crippen molar-refractivity contribution >= 4 is 11.7 Å². The normalized spacial score (nSPS) is 17.9. The third-order valence-electron chi connectivity index (χ3n) is 3.21. The molecule has 3 nitrogen and oxygen atoms in total. The van der Waals surface area contributed by atoms with Crippen molar-refractivity contribution in [2.45, 2.75) is 31.0 Å². The number of carboxylic acid groups (broad SMARTS) is 1. The van der Waals surface area contributed by atoms with Crippen LogP contribution < -0.4 is 5.32 Å². The van der Waals surface area contributed by atoms with Gasteiger partial charge in [-0.3, -0.25) is 0 Å². The molecule has 0 heterocycles. The molecule has 6 heteroatoms. The van der Waals surface area contributed by atoms with Gasteiger partial charge in [0, 0.05) is 5.69 Å². The molecule has 1 aromatic carbocycles. The summed E-state index contributed by atoms with van der Waals surface area (Å²) in [6.45, 7) is 0. The second kappa shape index (κ2) is 4.19. The molecule has 1 aliphatic carbocycles. The van der Waals surface area contributed by atoms with Crippen LogP contribution in [-0.2, 0) is 11.0 Å². The second-order valence-electron chi connectivity index (χ2n) is 4.44. The topological polar surface area (TPSA) is 49.3 Å². The quantitative estimate of drug-likeness (QED) is 0.876. The van der Waals surface area contributed by atoms with Crippen molar-refractivity contribution < 1.29 is 23.1 Å². The minimum Gasteiger partial charge on any atom is -0.480 e. The molecule has 18 heavy (non-hydrogen) atoms. The predicted octanol–water partition coefficient (Wildman–Crippen LogP) is 3.12.